The first-order valence-corrected chi connectivity index (χ1v) is 8.65. The van der Waals surface area contributed by atoms with Crippen LogP contribution in [0.4, 0.5) is 11.4 Å². The van der Waals surface area contributed by atoms with Crippen molar-refractivity contribution >= 4 is 21.2 Å². The molecule has 1 aliphatic rings. The molecule has 0 saturated carbocycles. The predicted molar refractivity (Wildman–Crippen MR) is 79.2 cm³/mol. The average Bonchev–Trinajstić information content (AvgIpc) is 2.76. The molecule has 1 atom stereocenters. The summed E-state index contributed by atoms with van der Waals surface area (Å²) in [4.78, 5) is 2.56. The van der Waals surface area contributed by atoms with Gasteiger partial charge in [0.2, 0.25) is 0 Å². The minimum Gasteiger partial charge on any atom is -0.397 e. The van der Waals surface area contributed by atoms with Crippen LogP contribution in [0.15, 0.2) is 23.1 Å². The van der Waals surface area contributed by atoms with Gasteiger partial charge in [-0.2, -0.15) is 0 Å². The van der Waals surface area contributed by atoms with Crippen molar-refractivity contribution in [2.24, 2.45) is 5.92 Å². The van der Waals surface area contributed by atoms with Gasteiger partial charge in [-0.1, -0.05) is 13.3 Å². The molecule has 2 rings (SSSR count). The maximum absolute atomic E-state index is 11.5. The molecule has 1 saturated heterocycles. The van der Waals surface area contributed by atoms with Crippen LogP contribution in [0, 0.1) is 5.92 Å². The Morgan fingerprint density at radius 3 is 2.74 bits per heavy atom. The molecule has 1 aromatic carbocycles. The standard InChI is InChI=1S/C14H22N2O2S/c1-3-4-11-7-8-16(10-11)14-6-5-12(9-13(14)15)19(2,17)18/h5-6,9,11H,3-4,7-8,10,15H2,1-2H3. The van der Waals surface area contributed by atoms with E-state index in [1.54, 1.807) is 12.1 Å². The van der Waals surface area contributed by atoms with Crippen molar-refractivity contribution in [1.29, 1.82) is 0 Å². The summed E-state index contributed by atoms with van der Waals surface area (Å²) >= 11 is 0. The van der Waals surface area contributed by atoms with Gasteiger partial charge in [0.25, 0.3) is 0 Å². The predicted octanol–water partition coefficient (Wildman–Crippen LogP) is 2.30. The minimum absolute atomic E-state index is 0.290. The van der Waals surface area contributed by atoms with E-state index >= 15 is 0 Å². The van der Waals surface area contributed by atoms with Gasteiger partial charge in [0.1, 0.15) is 0 Å². The van der Waals surface area contributed by atoms with E-state index in [0.717, 1.165) is 24.7 Å². The number of nitrogens with two attached hydrogens (primary N) is 1. The second-order valence-corrected chi connectivity index (χ2v) is 7.40. The Bertz CT molecular complexity index is 555. The third-order valence-corrected chi connectivity index (χ3v) is 4.86. The Hall–Kier alpha value is -1.23. The lowest BCUT2D eigenvalue weighted by Crippen LogP contribution is -2.21. The van der Waals surface area contributed by atoms with E-state index in [-0.39, 0.29) is 4.90 Å². The molecule has 1 heterocycles. The molecule has 0 amide bonds. The second kappa shape index (κ2) is 5.41. The zero-order chi connectivity index (χ0) is 14.0. The van der Waals surface area contributed by atoms with Crippen LogP contribution in [0.3, 0.4) is 0 Å². The molecular formula is C14H22N2O2S. The fourth-order valence-corrected chi connectivity index (χ4v) is 3.40. The number of hydrogen-bond acceptors (Lipinski definition) is 4. The molecule has 1 unspecified atom stereocenters. The van der Waals surface area contributed by atoms with Crippen LogP contribution in [-0.4, -0.2) is 27.8 Å². The van der Waals surface area contributed by atoms with Crippen molar-refractivity contribution < 1.29 is 8.42 Å². The molecular weight excluding hydrogens is 260 g/mol. The second-order valence-electron chi connectivity index (χ2n) is 5.38. The van der Waals surface area contributed by atoms with Gasteiger partial charge in [-0.05, 0) is 37.0 Å². The maximum atomic E-state index is 11.5. The Kier molecular flexibility index (Phi) is 4.04. The summed E-state index contributed by atoms with van der Waals surface area (Å²) < 4.78 is 23.0. The lowest BCUT2D eigenvalue weighted by atomic mass is 10.0. The van der Waals surface area contributed by atoms with E-state index in [0.29, 0.717) is 5.69 Å². The van der Waals surface area contributed by atoms with E-state index in [2.05, 4.69) is 11.8 Å². The molecule has 4 nitrogen and oxygen atoms in total. The van der Waals surface area contributed by atoms with Crippen LogP contribution < -0.4 is 10.6 Å². The number of nitrogen functional groups attached to an aromatic ring is 1. The zero-order valence-electron chi connectivity index (χ0n) is 11.6. The lowest BCUT2D eigenvalue weighted by molar-refractivity contribution is 0.530. The van der Waals surface area contributed by atoms with Gasteiger partial charge in [-0.3, -0.25) is 0 Å². The van der Waals surface area contributed by atoms with Crippen LogP contribution in [0.1, 0.15) is 26.2 Å². The van der Waals surface area contributed by atoms with Gasteiger partial charge in [0.15, 0.2) is 9.84 Å². The Balaban J connectivity index is 2.19. The molecule has 106 valence electrons. The quantitative estimate of drug-likeness (QED) is 0.861. The van der Waals surface area contributed by atoms with Crippen molar-refractivity contribution in [2.45, 2.75) is 31.1 Å². The van der Waals surface area contributed by atoms with Crippen LogP contribution >= 0.6 is 0 Å². The molecule has 1 aromatic rings. The molecule has 0 aliphatic carbocycles. The third-order valence-electron chi connectivity index (χ3n) is 3.75. The number of rotatable bonds is 4. The van der Waals surface area contributed by atoms with Gasteiger partial charge in [0, 0.05) is 19.3 Å². The fourth-order valence-electron chi connectivity index (χ4n) is 2.75. The molecule has 19 heavy (non-hydrogen) atoms. The van der Waals surface area contributed by atoms with Crippen LogP contribution in [0.2, 0.25) is 0 Å². The van der Waals surface area contributed by atoms with Gasteiger partial charge < -0.3 is 10.6 Å². The summed E-state index contributed by atoms with van der Waals surface area (Å²) in [6, 6.07) is 5.05. The van der Waals surface area contributed by atoms with E-state index in [1.165, 1.54) is 25.5 Å². The van der Waals surface area contributed by atoms with Crippen LogP contribution in [-0.2, 0) is 9.84 Å². The lowest BCUT2D eigenvalue weighted by Gasteiger charge is -2.21. The summed E-state index contributed by atoms with van der Waals surface area (Å²) in [5, 5.41) is 0. The first kappa shape index (κ1) is 14.2. The highest BCUT2D eigenvalue weighted by Gasteiger charge is 2.23. The largest absolute Gasteiger partial charge is 0.397 e. The highest BCUT2D eigenvalue weighted by Crippen LogP contribution is 2.31. The maximum Gasteiger partial charge on any atom is 0.175 e. The van der Waals surface area contributed by atoms with Crippen molar-refractivity contribution in [1.82, 2.24) is 0 Å². The molecule has 0 aromatic heterocycles. The molecule has 1 aliphatic heterocycles. The highest BCUT2D eigenvalue weighted by atomic mass is 32.2. The third kappa shape index (κ3) is 3.21. The molecule has 0 spiro atoms. The molecule has 0 radical (unpaired) electrons. The highest BCUT2D eigenvalue weighted by molar-refractivity contribution is 7.90. The minimum atomic E-state index is -3.18. The molecule has 2 N–H and O–H groups in total. The number of anilines is 2. The number of nitrogens with zero attached hydrogens (tertiary/aromatic N) is 1. The van der Waals surface area contributed by atoms with Crippen molar-refractivity contribution in [3.8, 4) is 0 Å². The van der Waals surface area contributed by atoms with E-state index < -0.39 is 9.84 Å². The monoisotopic (exact) mass is 282 g/mol. The zero-order valence-corrected chi connectivity index (χ0v) is 12.4. The van der Waals surface area contributed by atoms with Gasteiger partial charge in [0.05, 0.1) is 16.3 Å². The summed E-state index contributed by atoms with van der Waals surface area (Å²) in [7, 11) is -3.18. The smallest absolute Gasteiger partial charge is 0.175 e. The van der Waals surface area contributed by atoms with Gasteiger partial charge in [-0.25, -0.2) is 8.42 Å². The number of hydrogen-bond donors (Lipinski definition) is 1. The average molecular weight is 282 g/mol. The van der Waals surface area contributed by atoms with E-state index in [4.69, 9.17) is 5.73 Å². The van der Waals surface area contributed by atoms with E-state index in [1.807, 2.05) is 6.07 Å². The molecule has 1 fully saturated rings. The Labute approximate surface area is 115 Å². The van der Waals surface area contributed by atoms with Crippen molar-refractivity contribution in [3.05, 3.63) is 18.2 Å². The number of sulfone groups is 1. The van der Waals surface area contributed by atoms with Gasteiger partial charge >= 0.3 is 0 Å². The van der Waals surface area contributed by atoms with E-state index in [9.17, 15) is 8.42 Å². The number of benzene rings is 1. The Morgan fingerprint density at radius 2 is 2.16 bits per heavy atom. The van der Waals surface area contributed by atoms with Gasteiger partial charge in [-0.15, -0.1) is 0 Å². The molecule has 5 heteroatoms. The Morgan fingerprint density at radius 1 is 1.42 bits per heavy atom. The summed E-state index contributed by atoms with van der Waals surface area (Å²) in [6.45, 7) is 4.24. The summed E-state index contributed by atoms with van der Waals surface area (Å²) in [5.41, 5.74) is 7.53. The first-order valence-electron chi connectivity index (χ1n) is 6.76. The first-order chi connectivity index (χ1) is 8.91. The fraction of sp³-hybridized carbons (Fsp3) is 0.571. The van der Waals surface area contributed by atoms with Crippen molar-refractivity contribution in [3.63, 3.8) is 0 Å². The van der Waals surface area contributed by atoms with Crippen molar-refractivity contribution in [2.75, 3.05) is 30.0 Å². The SMILES string of the molecule is CCCC1CCN(c2ccc(S(C)(=O)=O)cc2N)C1. The summed E-state index contributed by atoms with van der Waals surface area (Å²) in [6.07, 6.45) is 4.86. The van der Waals surface area contributed by atoms with Crippen LogP contribution in [0.5, 0.6) is 0 Å². The topological polar surface area (TPSA) is 63.4 Å². The summed E-state index contributed by atoms with van der Waals surface area (Å²) in [5.74, 6) is 0.735. The normalized spacial score (nSPS) is 19.9. The van der Waals surface area contributed by atoms with Crippen LogP contribution in [0.25, 0.3) is 0 Å². The molecule has 0 bridgehead atoms.